The van der Waals surface area contributed by atoms with E-state index in [0.717, 1.165) is 34.9 Å². The summed E-state index contributed by atoms with van der Waals surface area (Å²) in [6, 6.07) is 5.33. The molecule has 2 heterocycles. The average molecular weight is 445 g/mol. The highest BCUT2D eigenvalue weighted by atomic mass is 79.9. The van der Waals surface area contributed by atoms with Crippen molar-refractivity contribution in [1.82, 2.24) is 0 Å². The molecule has 2 saturated heterocycles. The molecule has 2 amide bonds. The standard InChI is InChI=1S/C17H20Br2N2O2/c18-12-6-7-14(13(19)10-12)21-16(22)11-15(17(21)23)20-8-4-2-1-3-5-9-20/h6-7,10,15H,1-5,8-9,11H2/p+1. The fourth-order valence-corrected chi connectivity index (χ4v) is 4.80. The molecule has 2 fully saturated rings. The number of imide groups is 1. The second kappa shape index (κ2) is 7.45. The number of rotatable bonds is 2. The topological polar surface area (TPSA) is 41.8 Å². The summed E-state index contributed by atoms with van der Waals surface area (Å²) in [6.07, 6.45) is 6.39. The van der Waals surface area contributed by atoms with Crippen molar-refractivity contribution in [2.75, 3.05) is 18.0 Å². The van der Waals surface area contributed by atoms with Crippen LogP contribution in [0.2, 0.25) is 0 Å². The third-order valence-corrected chi connectivity index (χ3v) is 5.91. The third-order valence-electron chi connectivity index (χ3n) is 4.79. The Bertz CT molecular complexity index is 613. The van der Waals surface area contributed by atoms with E-state index in [1.54, 1.807) is 0 Å². The summed E-state index contributed by atoms with van der Waals surface area (Å²) in [5.41, 5.74) is 0.650. The van der Waals surface area contributed by atoms with Gasteiger partial charge in [0.2, 0.25) is 5.91 Å². The number of carbonyl (C=O) groups is 2. The molecule has 0 spiro atoms. The smallest absolute Gasteiger partial charge is 0.292 e. The second-order valence-electron chi connectivity index (χ2n) is 6.35. The van der Waals surface area contributed by atoms with Crippen molar-refractivity contribution in [2.24, 2.45) is 0 Å². The van der Waals surface area contributed by atoms with Crippen LogP contribution in [0, 0.1) is 0 Å². The number of amides is 2. The van der Waals surface area contributed by atoms with Gasteiger partial charge < -0.3 is 4.90 Å². The zero-order valence-electron chi connectivity index (χ0n) is 13.0. The largest absolute Gasteiger partial charge is 0.324 e. The van der Waals surface area contributed by atoms with Gasteiger partial charge in [0.25, 0.3) is 5.91 Å². The van der Waals surface area contributed by atoms with E-state index >= 15 is 0 Å². The molecule has 0 bridgehead atoms. The highest BCUT2D eigenvalue weighted by Gasteiger charge is 2.46. The number of carbonyl (C=O) groups excluding carboxylic acids is 2. The lowest BCUT2D eigenvalue weighted by Gasteiger charge is -2.26. The van der Waals surface area contributed by atoms with E-state index in [-0.39, 0.29) is 17.9 Å². The minimum absolute atomic E-state index is 0.0476. The molecule has 2 aliphatic rings. The van der Waals surface area contributed by atoms with Gasteiger partial charge in [0, 0.05) is 8.95 Å². The van der Waals surface area contributed by atoms with Crippen molar-refractivity contribution in [3.05, 3.63) is 27.1 Å². The zero-order chi connectivity index (χ0) is 16.4. The van der Waals surface area contributed by atoms with Gasteiger partial charge in [0.05, 0.1) is 25.2 Å². The van der Waals surface area contributed by atoms with E-state index < -0.39 is 0 Å². The predicted molar refractivity (Wildman–Crippen MR) is 96.5 cm³/mol. The van der Waals surface area contributed by atoms with Gasteiger partial charge >= 0.3 is 0 Å². The molecule has 1 atom stereocenters. The first-order valence-corrected chi connectivity index (χ1v) is 9.83. The van der Waals surface area contributed by atoms with Crippen molar-refractivity contribution in [3.63, 3.8) is 0 Å². The normalized spacial score (nSPS) is 23.9. The second-order valence-corrected chi connectivity index (χ2v) is 8.12. The minimum Gasteiger partial charge on any atom is -0.324 e. The summed E-state index contributed by atoms with van der Waals surface area (Å²) >= 11 is 6.87. The number of quaternary nitrogens is 1. The summed E-state index contributed by atoms with van der Waals surface area (Å²) in [7, 11) is 0. The first-order chi connectivity index (χ1) is 11.1. The van der Waals surface area contributed by atoms with E-state index in [4.69, 9.17) is 0 Å². The van der Waals surface area contributed by atoms with Gasteiger partial charge in [-0.15, -0.1) is 0 Å². The molecule has 124 valence electrons. The minimum atomic E-state index is -0.212. The van der Waals surface area contributed by atoms with Crippen molar-refractivity contribution >= 4 is 49.4 Å². The predicted octanol–water partition coefficient (Wildman–Crippen LogP) is 2.69. The molecule has 1 aromatic rings. The van der Waals surface area contributed by atoms with Gasteiger partial charge in [-0.05, 0) is 59.8 Å². The van der Waals surface area contributed by atoms with Crippen molar-refractivity contribution in [3.8, 4) is 0 Å². The van der Waals surface area contributed by atoms with Gasteiger partial charge in [0.1, 0.15) is 0 Å². The van der Waals surface area contributed by atoms with E-state index in [2.05, 4.69) is 31.9 Å². The first-order valence-electron chi connectivity index (χ1n) is 8.24. The molecule has 0 aromatic heterocycles. The average Bonchev–Trinajstić information content (AvgIpc) is 2.75. The van der Waals surface area contributed by atoms with Crippen molar-refractivity contribution in [2.45, 2.75) is 44.6 Å². The lowest BCUT2D eigenvalue weighted by atomic mass is 10.1. The monoisotopic (exact) mass is 443 g/mol. The van der Waals surface area contributed by atoms with Gasteiger partial charge in [-0.3, -0.25) is 9.59 Å². The highest BCUT2D eigenvalue weighted by Crippen LogP contribution is 2.32. The Hall–Kier alpha value is -0.720. The molecular weight excluding hydrogens is 424 g/mol. The lowest BCUT2D eigenvalue weighted by Crippen LogP contribution is -3.16. The number of nitrogens with zero attached hydrogens (tertiary/aromatic N) is 1. The van der Waals surface area contributed by atoms with Crippen LogP contribution >= 0.6 is 31.9 Å². The van der Waals surface area contributed by atoms with Crippen LogP contribution < -0.4 is 9.80 Å². The van der Waals surface area contributed by atoms with Gasteiger partial charge in [0.15, 0.2) is 6.04 Å². The molecule has 0 radical (unpaired) electrons. The van der Waals surface area contributed by atoms with Crippen LogP contribution in [-0.4, -0.2) is 30.9 Å². The molecule has 3 rings (SSSR count). The highest BCUT2D eigenvalue weighted by molar-refractivity contribution is 9.11. The van der Waals surface area contributed by atoms with E-state index in [0.29, 0.717) is 12.1 Å². The third kappa shape index (κ3) is 3.69. The first kappa shape index (κ1) is 17.1. The van der Waals surface area contributed by atoms with E-state index in [1.807, 2.05) is 18.2 Å². The number of benzene rings is 1. The number of hydrogen-bond donors (Lipinski definition) is 1. The molecular formula is C17H21Br2N2O2+. The summed E-state index contributed by atoms with van der Waals surface area (Å²) in [4.78, 5) is 28.0. The summed E-state index contributed by atoms with van der Waals surface area (Å²) in [6.45, 7) is 2.00. The molecule has 6 heteroatoms. The Morgan fingerprint density at radius 2 is 1.65 bits per heavy atom. The summed E-state index contributed by atoms with van der Waals surface area (Å²) < 4.78 is 1.68. The maximum Gasteiger partial charge on any atom is 0.292 e. The molecule has 23 heavy (non-hydrogen) atoms. The van der Waals surface area contributed by atoms with E-state index in [1.165, 1.54) is 29.1 Å². The van der Waals surface area contributed by atoms with Gasteiger partial charge in [-0.1, -0.05) is 22.4 Å². The molecule has 0 saturated carbocycles. The quantitative estimate of drug-likeness (QED) is 0.712. The van der Waals surface area contributed by atoms with Crippen LogP contribution in [0.3, 0.4) is 0 Å². The van der Waals surface area contributed by atoms with Crippen LogP contribution in [0.15, 0.2) is 27.1 Å². The number of hydrogen-bond acceptors (Lipinski definition) is 2. The van der Waals surface area contributed by atoms with Crippen LogP contribution in [0.25, 0.3) is 0 Å². The Kier molecular flexibility index (Phi) is 5.54. The Labute approximate surface area is 153 Å². The Balaban J connectivity index is 1.81. The summed E-state index contributed by atoms with van der Waals surface area (Å²) in [5, 5.41) is 0. The van der Waals surface area contributed by atoms with Crippen molar-refractivity contribution < 1.29 is 14.5 Å². The fourth-order valence-electron chi connectivity index (χ4n) is 3.57. The number of likely N-dealkylation sites (tertiary alicyclic amines) is 1. The molecule has 1 unspecified atom stereocenters. The number of halogens is 2. The van der Waals surface area contributed by atoms with Gasteiger partial charge in [-0.25, -0.2) is 4.90 Å². The molecule has 4 nitrogen and oxygen atoms in total. The number of nitrogens with one attached hydrogen (secondary N) is 1. The van der Waals surface area contributed by atoms with Gasteiger partial charge in [-0.2, -0.15) is 0 Å². The fraction of sp³-hybridized carbons (Fsp3) is 0.529. The lowest BCUT2D eigenvalue weighted by molar-refractivity contribution is -0.915. The Morgan fingerprint density at radius 3 is 2.30 bits per heavy atom. The van der Waals surface area contributed by atoms with Crippen LogP contribution in [0.1, 0.15) is 38.5 Å². The maximum absolute atomic E-state index is 12.9. The Morgan fingerprint density at radius 1 is 1.00 bits per heavy atom. The molecule has 0 aliphatic carbocycles. The van der Waals surface area contributed by atoms with Crippen LogP contribution in [-0.2, 0) is 9.59 Å². The van der Waals surface area contributed by atoms with E-state index in [9.17, 15) is 9.59 Å². The van der Waals surface area contributed by atoms with Crippen LogP contribution in [0.4, 0.5) is 5.69 Å². The summed E-state index contributed by atoms with van der Waals surface area (Å²) in [5.74, 6) is -0.133. The molecule has 2 aliphatic heterocycles. The molecule has 1 N–H and O–H groups in total. The van der Waals surface area contributed by atoms with Crippen LogP contribution in [0.5, 0.6) is 0 Å². The maximum atomic E-state index is 12.9. The molecule has 1 aromatic carbocycles. The van der Waals surface area contributed by atoms with Crippen molar-refractivity contribution in [1.29, 1.82) is 0 Å². The number of anilines is 1. The zero-order valence-corrected chi connectivity index (χ0v) is 16.2. The SMILES string of the molecule is O=C1CC([NH+]2CCCCCCC2)C(=O)N1c1ccc(Br)cc1Br.